The van der Waals surface area contributed by atoms with Gasteiger partial charge < -0.3 is 10.2 Å². The van der Waals surface area contributed by atoms with Crippen molar-refractivity contribution in [1.29, 1.82) is 0 Å². The number of nitrogens with one attached hydrogen (secondary N) is 1. The van der Waals surface area contributed by atoms with Crippen LogP contribution in [-0.2, 0) is 12.7 Å². The number of nitrogens with zero attached hydrogens (tertiary/aromatic N) is 5. The van der Waals surface area contributed by atoms with Crippen LogP contribution in [0.2, 0.25) is 0 Å². The number of nitro groups is 1. The van der Waals surface area contributed by atoms with Crippen LogP contribution >= 0.6 is 0 Å². The lowest BCUT2D eigenvalue weighted by Gasteiger charge is -2.35. The molecule has 1 aromatic heterocycles. The maximum Gasteiger partial charge on any atom is 0.416 e. The largest absolute Gasteiger partial charge is 0.416 e. The van der Waals surface area contributed by atoms with E-state index in [0.29, 0.717) is 26.2 Å². The first-order chi connectivity index (χ1) is 15.8. The van der Waals surface area contributed by atoms with Gasteiger partial charge in [0.15, 0.2) is 0 Å². The maximum absolute atomic E-state index is 12.8. The third-order valence-electron chi connectivity index (χ3n) is 5.38. The van der Waals surface area contributed by atoms with Crippen molar-refractivity contribution in [3.63, 3.8) is 0 Å². The summed E-state index contributed by atoms with van der Waals surface area (Å²) in [6.07, 6.45) is -3.25. The summed E-state index contributed by atoms with van der Waals surface area (Å²) in [6, 6.07) is 14.3. The van der Waals surface area contributed by atoms with Gasteiger partial charge >= 0.3 is 11.9 Å². The normalized spacial score (nSPS) is 14.8. The second-order valence-corrected chi connectivity index (χ2v) is 7.60. The predicted molar refractivity (Wildman–Crippen MR) is 117 cm³/mol. The molecular formula is C22H21F3N6O2. The molecule has 2 heterocycles. The zero-order valence-electron chi connectivity index (χ0n) is 17.5. The molecule has 11 heteroatoms. The number of hydrogen-bond donors (Lipinski definition) is 1. The van der Waals surface area contributed by atoms with E-state index in [4.69, 9.17) is 0 Å². The van der Waals surface area contributed by atoms with E-state index in [1.807, 2.05) is 23.1 Å². The summed E-state index contributed by atoms with van der Waals surface area (Å²) < 4.78 is 38.4. The Balaban J connectivity index is 1.49. The van der Waals surface area contributed by atoms with Crippen molar-refractivity contribution in [2.45, 2.75) is 12.7 Å². The van der Waals surface area contributed by atoms with Crippen LogP contribution in [0.1, 0.15) is 11.1 Å². The molecule has 4 rings (SSSR count). The van der Waals surface area contributed by atoms with Gasteiger partial charge in [0.05, 0.1) is 10.5 Å². The van der Waals surface area contributed by atoms with Crippen molar-refractivity contribution in [1.82, 2.24) is 14.9 Å². The molecule has 0 bridgehead atoms. The summed E-state index contributed by atoms with van der Waals surface area (Å²) in [5.74, 6) is 0.111. The highest BCUT2D eigenvalue weighted by Crippen LogP contribution is 2.35. The third-order valence-corrected chi connectivity index (χ3v) is 5.38. The Hall–Kier alpha value is -3.73. The molecule has 0 atom stereocenters. The van der Waals surface area contributed by atoms with Gasteiger partial charge in [-0.05, 0) is 29.8 Å². The standard InChI is InChI=1S/C22H21F3N6O2/c23-22(24,25)17-6-8-18(9-7-17)28-20-19(31(32)33)21(27-15-26-20)30-12-10-29(11-13-30)14-16-4-2-1-3-5-16/h1-9,15H,10-14H2,(H,26,27,28). The van der Waals surface area contributed by atoms with E-state index in [2.05, 4.69) is 32.3 Å². The molecule has 33 heavy (non-hydrogen) atoms. The van der Waals surface area contributed by atoms with E-state index < -0.39 is 16.7 Å². The molecule has 2 aromatic carbocycles. The molecule has 0 aliphatic carbocycles. The highest BCUT2D eigenvalue weighted by Gasteiger charge is 2.31. The Bertz CT molecular complexity index is 1100. The minimum Gasteiger partial charge on any atom is -0.348 e. The minimum atomic E-state index is -4.46. The second kappa shape index (κ2) is 9.41. The summed E-state index contributed by atoms with van der Waals surface area (Å²) in [5, 5.41) is 14.6. The van der Waals surface area contributed by atoms with Gasteiger partial charge in [-0.25, -0.2) is 9.97 Å². The molecule has 0 saturated carbocycles. The molecular weight excluding hydrogens is 437 g/mol. The van der Waals surface area contributed by atoms with Crippen LogP contribution in [0.15, 0.2) is 60.9 Å². The third kappa shape index (κ3) is 5.37. The van der Waals surface area contributed by atoms with Gasteiger partial charge in [0.2, 0.25) is 11.6 Å². The summed E-state index contributed by atoms with van der Waals surface area (Å²) >= 11 is 0. The zero-order valence-corrected chi connectivity index (χ0v) is 17.5. The molecule has 172 valence electrons. The number of rotatable bonds is 6. The summed E-state index contributed by atoms with van der Waals surface area (Å²) in [7, 11) is 0. The van der Waals surface area contributed by atoms with E-state index in [1.165, 1.54) is 24.0 Å². The lowest BCUT2D eigenvalue weighted by molar-refractivity contribution is -0.383. The van der Waals surface area contributed by atoms with Crippen LogP contribution in [0.4, 0.5) is 36.2 Å². The minimum absolute atomic E-state index is 0.0727. The van der Waals surface area contributed by atoms with Crippen LogP contribution in [-0.4, -0.2) is 46.0 Å². The Labute approximate surface area is 187 Å². The van der Waals surface area contributed by atoms with Gasteiger partial charge in [-0.3, -0.25) is 15.0 Å². The molecule has 3 aromatic rings. The first-order valence-electron chi connectivity index (χ1n) is 10.3. The van der Waals surface area contributed by atoms with E-state index in [-0.39, 0.29) is 23.0 Å². The van der Waals surface area contributed by atoms with Gasteiger partial charge in [-0.15, -0.1) is 0 Å². The Morgan fingerprint density at radius 3 is 2.24 bits per heavy atom. The molecule has 0 unspecified atom stereocenters. The molecule has 1 N–H and O–H groups in total. The van der Waals surface area contributed by atoms with Crippen molar-refractivity contribution >= 4 is 23.0 Å². The summed E-state index contributed by atoms with van der Waals surface area (Å²) in [6.45, 7) is 3.30. The second-order valence-electron chi connectivity index (χ2n) is 7.60. The SMILES string of the molecule is O=[N+]([O-])c1c(Nc2ccc(C(F)(F)F)cc2)ncnc1N1CCN(Cc2ccccc2)CC1. The fourth-order valence-corrected chi connectivity index (χ4v) is 3.70. The average Bonchev–Trinajstić information content (AvgIpc) is 2.80. The number of anilines is 3. The zero-order chi connectivity index (χ0) is 23.4. The lowest BCUT2D eigenvalue weighted by Crippen LogP contribution is -2.46. The summed E-state index contributed by atoms with van der Waals surface area (Å²) in [4.78, 5) is 23.5. The molecule has 1 aliphatic heterocycles. The Morgan fingerprint density at radius 1 is 0.970 bits per heavy atom. The molecule has 1 aliphatic rings. The van der Waals surface area contributed by atoms with E-state index in [1.54, 1.807) is 0 Å². The smallest absolute Gasteiger partial charge is 0.348 e. The molecule has 0 radical (unpaired) electrons. The van der Waals surface area contributed by atoms with Gasteiger partial charge in [0, 0.05) is 38.4 Å². The van der Waals surface area contributed by atoms with E-state index in [9.17, 15) is 23.3 Å². The molecule has 1 fully saturated rings. The van der Waals surface area contributed by atoms with Gasteiger partial charge in [-0.1, -0.05) is 30.3 Å². The van der Waals surface area contributed by atoms with Crippen LogP contribution in [0.25, 0.3) is 0 Å². The first-order valence-corrected chi connectivity index (χ1v) is 10.3. The first kappa shape index (κ1) is 22.5. The highest BCUT2D eigenvalue weighted by atomic mass is 19.4. The topological polar surface area (TPSA) is 87.4 Å². The van der Waals surface area contributed by atoms with E-state index >= 15 is 0 Å². The van der Waals surface area contributed by atoms with Crippen molar-refractivity contribution in [2.75, 3.05) is 36.4 Å². The number of hydrogen-bond acceptors (Lipinski definition) is 7. The van der Waals surface area contributed by atoms with Crippen molar-refractivity contribution in [3.8, 4) is 0 Å². The average molecular weight is 458 g/mol. The monoisotopic (exact) mass is 458 g/mol. The number of piperazine rings is 1. The van der Waals surface area contributed by atoms with Crippen molar-refractivity contribution in [3.05, 3.63) is 82.2 Å². The van der Waals surface area contributed by atoms with Crippen molar-refractivity contribution < 1.29 is 18.1 Å². The fourth-order valence-electron chi connectivity index (χ4n) is 3.70. The molecule has 0 spiro atoms. The van der Waals surface area contributed by atoms with Gasteiger partial charge in [-0.2, -0.15) is 13.2 Å². The number of alkyl halides is 3. The van der Waals surface area contributed by atoms with Gasteiger partial charge in [0.25, 0.3) is 0 Å². The lowest BCUT2D eigenvalue weighted by atomic mass is 10.2. The fraction of sp³-hybridized carbons (Fsp3) is 0.273. The Morgan fingerprint density at radius 2 is 1.64 bits per heavy atom. The molecule has 1 saturated heterocycles. The number of benzene rings is 2. The number of halogens is 3. The molecule has 0 amide bonds. The highest BCUT2D eigenvalue weighted by molar-refractivity contribution is 5.74. The van der Waals surface area contributed by atoms with Gasteiger partial charge in [0.1, 0.15) is 6.33 Å². The van der Waals surface area contributed by atoms with E-state index in [0.717, 1.165) is 18.7 Å². The number of aromatic nitrogens is 2. The van der Waals surface area contributed by atoms with Crippen LogP contribution in [0.5, 0.6) is 0 Å². The maximum atomic E-state index is 12.8. The predicted octanol–water partition coefficient (Wildman–Crippen LogP) is 4.47. The molecule has 8 nitrogen and oxygen atoms in total. The Kier molecular flexibility index (Phi) is 6.40. The van der Waals surface area contributed by atoms with Crippen LogP contribution < -0.4 is 10.2 Å². The quantitative estimate of drug-likeness (QED) is 0.431. The summed E-state index contributed by atoms with van der Waals surface area (Å²) in [5.41, 5.74) is 0.332. The van der Waals surface area contributed by atoms with Crippen molar-refractivity contribution in [2.24, 2.45) is 0 Å². The van der Waals surface area contributed by atoms with Crippen LogP contribution in [0.3, 0.4) is 0 Å². The van der Waals surface area contributed by atoms with Crippen LogP contribution in [0, 0.1) is 10.1 Å².